The zero-order valence-electron chi connectivity index (χ0n) is 7.11. The summed E-state index contributed by atoms with van der Waals surface area (Å²) in [6, 6.07) is 0. The molecule has 0 aliphatic carbocycles. The van der Waals surface area contributed by atoms with Gasteiger partial charge >= 0.3 is 77.1 Å². The van der Waals surface area contributed by atoms with Crippen molar-refractivity contribution in [3.8, 4) is 0 Å². The van der Waals surface area contributed by atoms with Crippen molar-refractivity contribution < 1.29 is 51.6 Å². The van der Waals surface area contributed by atoms with Gasteiger partial charge in [-0.15, -0.1) is 0 Å². The summed E-state index contributed by atoms with van der Waals surface area (Å²) in [6.07, 6.45) is 0. The second-order valence-corrected chi connectivity index (χ2v) is 4.72. The number of hydrogen-bond donors (Lipinski definition) is 0. The van der Waals surface area contributed by atoms with Crippen LogP contribution in [0.25, 0.3) is 0 Å². The summed E-state index contributed by atoms with van der Waals surface area (Å²) in [5, 5.41) is 0. The van der Waals surface area contributed by atoms with Gasteiger partial charge in [0.1, 0.15) is 0 Å². The summed E-state index contributed by atoms with van der Waals surface area (Å²) in [6.45, 7) is 21.0. The maximum Gasteiger partial charge on any atom is 2.00 e. The van der Waals surface area contributed by atoms with Crippen molar-refractivity contribution in [1.29, 1.82) is 0 Å². The number of halogens is 3. The summed E-state index contributed by atoms with van der Waals surface area (Å²) in [5.41, 5.74) is 0. The molecule has 0 nitrogen and oxygen atoms in total. The van der Waals surface area contributed by atoms with Crippen molar-refractivity contribution in [2.45, 2.75) is 0 Å². The fourth-order valence-corrected chi connectivity index (χ4v) is 0. The Labute approximate surface area is 132 Å². The zero-order chi connectivity index (χ0) is 8.71. The number of rotatable bonds is 0. The Morgan fingerprint density at radius 3 is 0.833 bits per heavy atom. The molecule has 0 fully saturated rings. The van der Waals surface area contributed by atoms with Crippen molar-refractivity contribution >= 4 is 42.4 Å². The van der Waals surface area contributed by atoms with E-state index in [4.69, 9.17) is 19.4 Å². The van der Waals surface area contributed by atoms with Gasteiger partial charge in [0.05, 0.1) is 0 Å². The molecular weight excluding hydrogens is 378 g/mol. The summed E-state index contributed by atoms with van der Waals surface area (Å²) in [4.78, 5) is 0. The van der Waals surface area contributed by atoms with E-state index in [9.17, 15) is 0 Å². The predicted molar refractivity (Wildman–Crippen MR) is 47.2 cm³/mol. The zero-order valence-corrected chi connectivity index (χ0v) is 17.6. The Bertz CT molecular complexity index is 34.8. The van der Waals surface area contributed by atoms with E-state index in [1.807, 2.05) is 0 Å². The third kappa shape index (κ3) is 298. The first-order valence-electron chi connectivity index (χ1n) is 1.76. The molecule has 6 heteroatoms. The van der Waals surface area contributed by atoms with Crippen LogP contribution in [0.3, 0.4) is 0 Å². The summed E-state index contributed by atoms with van der Waals surface area (Å²) in [7, 11) is 9.90. The van der Waals surface area contributed by atoms with Crippen LogP contribution < -0.4 is 17.0 Å². The Morgan fingerprint density at radius 2 is 0.833 bits per heavy atom. The molecule has 0 radical (unpaired) electrons. The Kier molecular flexibility index (Phi) is 733. The van der Waals surface area contributed by atoms with Crippen LogP contribution in [0, 0.1) is 19.7 Å². The Morgan fingerprint density at radius 1 is 0.833 bits per heavy atom. The largest absolute Gasteiger partial charge is 2.00 e. The van der Waals surface area contributed by atoms with E-state index >= 15 is 0 Å². The van der Waals surface area contributed by atoms with E-state index in [1.165, 1.54) is 0 Å². The quantitative estimate of drug-likeness (QED) is 0.400. The molecule has 60 valence electrons. The second-order valence-electron chi connectivity index (χ2n) is 0.101. The molecule has 0 heterocycles. The molecule has 12 heavy (non-hydrogen) atoms. The fraction of sp³-hybridized carbons (Fsp3) is 0. The van der Waals surface area contributed by atoms with Gasteiger partial charge in [-0.2, -0.15) is 0 Å². The molecule has 0 saturated carbocycles. The maximum absolute atomic E-state index is 4.95. The molecular formula is C6H9BrCl2MgZn2. The smallest absolute Gasteiger partial charge is 2.00 e. The van der Waals surface area contributed by atoms with E-state index < -0.39 is 15.1 Å². The van der Waals surface area contributed by atoms with Gasteiger partial charge in [-0.3, -0.25) is 19.7 Å². The summed E-state index contributed by atoms with van der Waals surface area (Å²) in [5.74, 6) is 0. The molecule has 0 aromatic carbocycles. The van der Waals surface area contributed by atoms with Gasteiger partial charge in [0.2, 0.25) is 0 Å². The minimum absolute atomic E-state index is 0. The average molecular weight is 387 g/mol. The minimum Gasteiger partial charge on any atom is 2.00 e. The van der Waals surface area contributed by atoms with Gasteiger partial charge < -0.3 is 36.7 Å². The van der Waals surface area contributed by atoms with E-state index in [2.05, 4.69) is 39.5 Å². The van der Waals surface area contributed by atoms with Crippen LogP contribution >= 0.6 is 19.4 Å². The molecule has 0 amide bonds. The van der Waals surface area contributed by atoms with Gasteiger partial charge in [-0.25, -0.2) is 0 Å². The van der Waals surface area contributed by atoms with Crippen LogP contribution in [0.1, 0.15) is 0 Å². The first-order chi connectivity index (χ1) is 4.41. The van der Waals surface area contributed by atoms with Crippen molar-refractivity contribution in [2.75, 3.05) is 0 Å². The van der Waals surface area contributed by atoms with Crippen LogP contribution in [-0.4, -0.2) is 23.1 Å². The molecule has 0 spiro atoms. The Balaban J connectivity index is -0.00000000522. The monoisotopic (exact) mass is 382 g/mol. The third-order valence-electron chi connectivity index (χ3n) is 0. The third-order valence-corrected chi connectivity index (χ3v) is 0. The molecule has 0 unspecified atom stereocenters. The maximum atomic E-state index is 4.95. The van der Waals surface area contributed by atoms with Crippen molar-refractivity contribution in [1.82, 2.24) is 0 Å². The van der Waals surface area contributed by atoms with Crippen molar-refractivity contribution in [2.24, 2.45) is 0 Å². The van der Waals surface area contributed by atoms with Gasteiger partial charge in [-0.05, 0) is 0 Å². The first kappa shape index (κ1) is 47.5. The average Bonchev–Trinajstić information content (AvgIpc) is 2.01. The topological polar surface area (TPSA) is 0 Å². The molecule has 0 saturated heterocycles. The van der Waals surface area contributed by atoms with Crippen LogP contribution in [0.4, 0.5) is 0 Å². The molecule has 0 aromatic heterocycles. The minimum atomic E-state index is -0.931. The predicted octanol–water partition coefficient (Wildman–Crippen LogP) is -0.187. The molecule has 0 rings (SSSR count). The summed E-state index contributed by atoms with van der Waals surface area (Å²) < 4.78 is 0. The standard InChI is InChI=1S/3C2H3.BrH.2ClH.Mg.2Zn/c3*1-2;;;;;;/h3*1H,2H2;3*1H;;;/q3*-1;;;;3*+2/p-3. The van der Waals surface area contributed by atoms with Crippen molar-refractivity contribution in [3.05, 3.63) is 39.5 Å². The van der Waals surface area contributed by atoms with Crippen LogP contribution in [0.15, 0.2) is 19.7 Å². The van der Waals surface area contributed by atoms with Crippen LogP contribution in [0.2, 0.25) is 0 Å². The molecule has 0 N–H and O–H groups in total. The van der Waals surface area contributed by atoms with E-state index in [0.29, 0.717) is 0 Å². The molecule has 0 atom stereocenters. The molecule has 0 aromatic rings. The van der Waals surface area contributed by atoms with Crippen LogP contribution in [-0.2, 0) is 34.6 Å². The normalized spacial score (nSPS) is 1.83. The van der Waals surface area contributed by atoms with Gasteiger partial charge in [0.15, 0.2) is 0 Å². The van der Waals surface area contributed by atoms with E-state index in [0.717, 1.165) is 0 Å². The second kappa shape index (κ2) is 185. The molecule has 0 bridgehead atoms. The van der Waals surface area contributed by atoms with E-state index in [1.54, 1.807) is 0 Å². The van der Waals surface area contributed by atoms with Crippen LogP contribution in [0.5, 0.6) is 0 Å². The number of hydrogen-bond acceptors (Lipinski definition) is 0. The Hall–Kier alpha value is 2.29. The van der Waals surface area contributed by atoms with Gasteiger partial charge in [0.25, 0.3) is 0 Å². The van der Waals surface area contributed by atoms with Gasteiger partial charge in [0, 0.05) is 0 Å². The first-order valence-corrected chi connectivity index (χ1v) is 9.56. The van der Waals surface area contributed by atoms with Gasteiger partial charge in [-0.1, -0.05) is 0 Å². The SMILES string of the molecule is [Br-].[CH-]=C.[CH-]=C.[CH-]=C.[Cl][Zn][Cl].[Mg+2].[Zn+2]. The molecule has 0 aliphatic heterocycles. The molecule has 0 aliphatic rings. The summed E-state index contributed by atoms with van der Waals surface area (Å²) >= 11 is -0.931. The fourth-order valence-electron chi connectivity index (χ4n) is 0. The van der Waals surface area contributed by atoms with Crippen molar-refractivity contribution in [3.63, 3.8) is 0 Å². The van der Waals surface area contributed by atoms with E-state index in [-0.39, 0.29) is 59.5 Å².